The first-order valence-electron chi connectivity index (χ1n) is 9.35. The Labute approximate surface area is 149 Å². The number of rotatable bonds is 4. The van der Waals surface area contributed by atoms with Crippen molar-refractivity contribution < 1.29 is 13.2 Å². The molecule has 1 saturated heterocycles. The second-order valence-corrected chi connectivity index (χ2v) is 9.90. The number of benzene rings is 1. The molecular weight excluding hydrogens is 336 g/mol. The lowest BCUT2D eigenvalue weighted by Crippen LogP contribution is -2.40. The molecule has 2 bridgehead atoms. The third-order valence-electron chi connectivity index (χ3n) is 6.31. The van der Waals surface area contributed by atoms with E-state index in [0.29, 0.717) is 30.1 Å². The van der Waals surface area contributed by atoms with Crippen molar-refractivity contribution in [2.75, 3.05) is 16.6 Å². The summed E-state index contributed by atoms with van der Waals surface area (Å²) in [6.07, 6.45) is 5.92. The molecule has 136 valence electrons. The molecule has 0 spiro atoms. The molecule has 1 N–H and O–H groups in total. The van der Waals surface area contributed by atoms with E-state index >= 15 is 0 Å². The normalized spacial score (nSPS) is 31.2. The van der Waals surface area contributed by atoms with E-state index in [9.17, 15) is 13.2 Å². The zero-order valence-corrected chi connectivity index (χ0v) is 15.5. The van der Waals surface area contributed by atoms with E-state index in [1.807, 2.05) is 0 Å². The number of nitrogens with zero attached hydrogens (tertiary/aromatic N) is 1. The standard InChI is InChI=1S/C19H26N2O3S/c1-13(18-12-14-3-4-16(18)11-14)20-19(22)15-5-7-17(8-6-15)21-9-2-10-25(21,23)24/h5-8,13-14,16,18H,2-4,9-12H2,1H3,(H,20,22). The smallest absolute Gasteiger partial charge is 0.251 e. The molecule has 4 rings (SSSR count). The van der Waals surface area contributed by atoms with E-state index in [0.717, 1.165) is 11.8 Å². The second-order valence-electron chi connectivity index (χ2n) is 7.89. The Morgan fingerprint density at radius 1 is 1.20 bits per heavy atom. The summed E-state index contributed by atoms with van der Waals surface area (Å²) >= 11 is 0. The summed E-state index contributed by atoms with van der Waals surface area (Å²) in [5, 5.41) is 3.16. The Hall–Kier alpha value is -1.56. The molecule has 5 nitrogen and oxygen atoms in total. The monoisotopic (exact) mass is 362 g/mol. The van der Waals surface area contributed by atoms with Crippen molar-refractivity contribution in [2.45, 2.75) is 45.1 Å². The summed E-state index contributed by atoms with van der Waals surface area (Å²) in [5.74, 6) is 2.40. The summed E-state index contributed by atoms with van der Waals surface area (Å²) < 4.78 is 25.4. The Kier molecular flexibility index (Phi) is 4.26. The van der Waals surface area contributed by atoms with Crippen molar-refractivity contribution in [3.05, 3.63) is 29.8 Å². The Balaban J connectivity index is 1.41. The highest BCUT2D eigenvalue weighted by Gasteiger charge is 2.42. The minimum Gasteiger partial charge on any atom is -0.349 e. The molecular formula is C19H26N2O3S. The van der Waals surface area contributed by atoms with Crippen LogP contribution in [0.5, 0.6) is 0 Å². The first kappa shape index (κ1) is 16.9. The summed E-state index contributed by atoms with van der Waals surface area (Å²) in [4.78, 5) is 12.5. The minimum absolute atomic E-state index is 0.0638. The number of sulfonamides is 1. The fourth-order valence-electron chi connectivity index (χ4n) is 5.01. The van der Waals surface area contributed by atoms with Crippen molar-refractivity contribution in [2.24, 2.45) is 17.8 Å². The third-order valence-corrected chi connectivity index (χ3v) is 8.18. The first-order valence-corrected chi connectivity index (χ1v) is 11.0. The maximum atomic E-state index is 12.5. The molecule has 2 aliphatic carbocycles. The number of carbonyl (C=O) groups excluding carboxylic acids is 1. The van der Waals surface area contributed by atoms with Crippen LogP contribution in [0.1, 0.15) is 49.4 Å². The van der Waals surface area contributed by atoms with Gasteiger partial charge < -0.3 is 5.32 Å². The fraction of sp³-hybridized carbons (Fsp3) is 0.632. The maximum absolute atomic E-state index is 12.5. The highest BCUT2D eigenvalue weighted by atomic mass is 32.2. The molecule has 1 aromatic rings. The zero-order chi connectivity index (χ0) is 17.6. The number of anilines is 1. The Morgan fingerprint density at radius 3 is 2.52 bits per heavy atom. The lowest BCUT2D eigenvalue weighted by atomic mass is 9.84. The molecule has 0 aromatic heterocycles. The van der Waals surface area contributed by atoms with Crippen molar-refractivity contribution in [3.63, 3.8) is 0 Å². The van der Waals surface area contributed by atoms with Crippen molar-refractivity contribution in [1.29, 1.82) is 0 Å². The largest absolute Gasteiger partial charge is 0.349 e. The molecule has 4 unspecified atom stereocenters. The van der Waals surface area contributed by atoms with Gasteiger partial charge in [-0.15, -0.1) is 0 Å². The number of hydrogen-bond donors (Lipinski definition) is 1. The van der Waals surface area contributed by atoms with Crippen LogP contribution in [0.2, 0.25) is 0 Å². The first-order chi connectivity index (χ1) is 11.9. The van der Waals surface area contributed by atoms with Crippen LogP contribution in [-0.2, 0) is 10.0 Å². The van der Waals surface area contributed by atoms with Crippen LogP contribution in [0.4, 0.5) is 5.69 Å². The fourth-order valence-corrected chi connectivity index (χ4v) is 6.58. The molecule has 2 saturated carbocycles. The number of amides is 1. The van der Waals surface area contributed by atoms with Gasteiger partial charge in [0.2, 0.25) is 10.0 Å². The van der Waals surface area contributed by atoms with Crippen LogP contribution in [0, 0.1) is 17.8 Å². The molecule has 4 atom stereocenters. The van der Waals surface area contributed by atoms with Crippen LogP contribution >= 0.6 is 0 Å². The summed E-state index contributed by atoms with van der Waals surface area (Å²) in [5.41, 5.74) is 1.24. The predicted octanol–water partition coefficient (Wildman–Crippen LogP) is 2.78. The lowest BCUT2D eigenvalue weighted by Gasteiger charge is -2.28. The van der Waals surface area contributed by atoms with Crippen LogP contribution in [0.15, 0.2) is 24.3 Å². The van der Waals surface area contributed by atoms with Gasteiger partial charge in [0.25, 0.3) is 5.91 Å². The Bertz CT molecular complexity index is 759. The summed E-state index contributed by atoms with van der Waals surface area (Å²) in [6.45, 7) is 2.64. The van der Waals surface area contributed by atoms with Gasteiger partial charge in [0.1, 0.15) is 0 Å². The van der Waals surface area contributed by atoms with Gasteiger partial charge in [-0.1, -0.05) is 6.42 Å². The molecule has 1 heterocycles. The van der Waals surface area contributed by atoms with Crippen molar-refractivity contribution >= 4 is 21.6 Å². The topological polar surface area (TPSA) is 66.5 Å². The zero-order valence-electron chi connectivity index (χ0n) is 14.6. The molecule has 6 heteroatoms. The van der Waals surface area contributed by atoms with Gasteiger partial charge in [-0.2, -0.15) is 0 Å². The highest BCUT2D eigenvalue weighted by Crippen LogP contribution is 2.49. The van der Waals surface area contributed by atoms with E-state index in [1.54, 1.807) is 24.3 Å². The SMILES string of the molecule is CC(NC(=O)c1ccc(N2CCCS2(=O)=O)cc1)C1CC2CCC1C2. The summed E-state index contributed by atoms with van der Waals surface area (Å²) in [6, 6.07) is 7.12. The number of carbonyl (C=O) groups is 1. The number of hydrogen-bond acceptors (Lipinski definition) is 3. The van der Waals surface area contributed by atoms with Gasteiger partial charge >= 0.3 is 0 Å². The van der Waals surface area contributed by atoms with Gasteiger partial charge in [-0.3, -0.25) is 9.10 Å². The molecule has 1 aliphatic heterocycles. The Morgan fingerprint density at radius 2 is 1.96 bits per heavy atom. The number of fused-ring (bicyclic) bond motifs is 2. The maximum Gasteiger partial charge on any atom is 0.251 e. The van der Waals surface area contributed by atoms with E-state index in [1.165, 1.54) is 30.0 Å². The van der Waals surface area contributed by atoms with E-state index in [-0.39, 0.29) is 17.7 Å². The predicted molar refractivity (Wildman–Crippen MR) is 98.1 cm³/mol. The average molecular weight is 362 g/mol. The van der Waals surface area contributed by atoms with Crippen LogP contribution in [-0.4, -0.2) is 32.7 Å². The minimum atomic E-state index is -3.18. The van der Waals surface area contributed by atoms with Gasteiger partial charge in [0, 0.05) is 18.2 Å². The number of nitrogens with one attached hydrogen (secondary N) is 1. The average Bonchev–Trinajstić information content (AvgIpc) is 3.30. The van der Waals surface area contributed by atoms with E-state index in [2.05, 4.69) is 12.2 Å². The van der Waals surface area contributed by atoms with Crippen LogP contribution in [0.3, 0.4) is 0 Å². The molecule has 1 amide bonds. The molecule has 1 aromatic carbocycles. The highest BCUT2D eigenvalue weighted by molar-refractivity contribution is 7.93. The van der Waals surface area contributed by atoms with Crippen molar-refractivity contribution in [1.82, 2.24) is 5.32 Å². The lowest BCUT2D eigenvalue weighted by molar-refractivity contribution is 0.0915. The van der Waals surface area contributed by atoms with Crippen LogP contribution < -0.4 is 9.62 Å². The van der Waals surface area contributed by atoms with E-state index in [4.69, 9.17) is 0 Å². The molecule has 0 radical (unpaired) electrons. The summed E-state index contributed by atoms with van der Waals surface area (Å²) in [7, 11) is -3.18. The van der Waals surface area contributed by atoms with Gasteiger partial charge in [0.15, 0.2) is 0 Å². The van der Waals surface area contributed by atoms with Crippen LogP contribution in [0.25, 0.3) is 0 Å². The third kappa shape index (κ3) is 3.16. The second kappa shape index (κ2) is 6.31. The van der Waals surface area contributed by atoms with Crippen molar-refractivity contribution in [3.8, 4) is 0 Å². The quantitative estimate of drug-likeness (QED) is 0.896. The molecule has 25 heavy (non-hydrogen) atoms. The molecule has 3 fully saturated rings. The molecule has 3 aliphatic rings. The van der Waals surface area contributed by atoms with Gasteiger partial charge in [-0.05, 0) is 74.6 Å². The van der Waals surface area contributed by atoms with Gasteiger partial charge in [-0.25, -0.2) is 8.42 Å². The van der Waals surface area contributed by atoms with E-state index < -0.39 is 10.0 Å². The van der Waals surface area contributed by atoms with Gasteiger partial charge in [0.05, 0.1) is 11.4 Å².